The molecule has 0 saturated carbocycles. The maximum Gasteiger partial charge on any atom is 0.220 e. The Hall–Kier alpha value is -3.11. The molecule has 0 saturated heterocycles. The molecule has 4 rings (SSSR count). The van der Waals surface area contributed by atoms with Gasteiger partial charge in [-0.2, -0.15) is 4.57 Å². The molecule has 4 heteroatoms. The lowest BCUT2D eigenvalue weighted by molar-refractivity contribution is -0.870. The second-order valence-corrected chi connectivity index (χ2v) is 11.3. The number of fused-ring (bicyclic) bond motifs is 3. The first kappa shape index (κ1) is 26.0. The Balaban J connectivity index is 1.51. The number of pyridine rings is 1. The fourth-order valence-corrected chi connectivity index (χ4v) is 5.31. The minimum atomic E-state index is 0.794. The molecule has 4 N–H and O–H groups in total. The number of aryl methyl sites for hydroxylation is 1. The van der Waals surface area contributed by atoms with Crippen molar-refractivity contribution >= 4 is 33.1 Å². The third-order valence-electron chi connectivity index (χ3n) is 7.18. The Kier molecular flexibility index (Phi) is 8.48. The van der Waals surface area contributed by atoms with E-state index in [1.54, 1.807) is 0 Å². The maximum atomic E-state index is 6.28. The Morgan fingerprint density at radius 3 is 1.86 bits per heavy atom. The van der Waals surface area contributed by atoms with E-state index >= 15 is 0 Å². The number of nitrogen functional groups attached to an aromatic ring is 2. The summed E-state index contributed by atoms with van der Waals surface area (Å²) < 4.78 is 3.55. The van der Waals surface area contributed by atoms with Gasteiger partial charge in [-0.15, -0.1) is 0 Å². The van der Waals surface area contributed by atoms with Gasteiger partial charge in [-0.25, -0.2) is 0 Å². The number of hydrogen-bond donors (Lipinski definition) is 2. The molecule has 0 radical (unpaired) electrons. The van der Waals surface area contributed by atoms with Crippen LogP contribution in [0.25, 0.3) is 32.9 Å². The molecule has 0 spiro atoms. The van der Waals surface area contributed by atoms with Crippen molar-refractivity contribution in [3.8, 4) is 11.3 Å². The van der Waals surface area contributed by atoms with Crippen LogP contribution in [0.5, 0.6) is 0 Å². The van der Waals surface area contributed by atoms with Gasteiger partial charge >= 0.3 is 0 Å². The van der Waals surface area contributed by atoms with Crippen molar-refractivity contribution in [2.75, 3.05) is 39.2 Å². The molecule has 0 aliphatic rings. The van der Waals surface area contributed by atoms with Gasteiger partial charge in [-0.1, -0.05) is 49.9 Å². The van der Waals surface area contributed by atoms with Crippen LogP contribution in [0.4, 0.5) is 11.4 Å². The maximum absolute atomic E-state index is 6.28. The second kappa shape index (κ2) is 11.7. The molecule has 0 amide bonds. The number of quaternary nitrogens is 1. The molecule has 0 bridgehead atoms. The van der Waals surface area contributed by atoms with E-state index in [-0.39, 0.29) is 0 Å². The number of hydrogen-bond acceptors (Lipinski definition) is 2. The number of anilines is 2. The highest BCUT2D eigenvalue weighted by Gasteiger charge is 2.23. The third kappa shape index (κ3) is 6.55. The van der Waals surface area contributed by atoms with Gasteiger partial charge in [0.05, 0.1) is 38.5 Å². The second-order valence-electron chi connectivity index (χ2n) is 11.3. The van der Waals surface area contributed by atoms with Crippen molar-refractivity contribution in [2.45, 2.75) is 57.9 Å². The molecule has 190 valence electrons. The normalized spacial score (nSPS) is 12.0. The summed E-state index contributed by atoms with van der Waals surface area (Å²) in [5.41, 5.74) is 17.8. The molecule has 1 aromatic heterocycles. The van der Waals surface area contributed by atoms with E-state index in [2.05, 4.69) is 80.3 Å². The zero-order valence-corrected chi connectivity index (χ0v) is 22.5. The Bertz CT molecular complexity index is 1290. The molecule has 0 atom stereocenters. The Labute approximate surface area is 217 Å². The van der Waals surface area contributed by atoms with E-state index in [0.29, 0.717) is 0 Å². The quantitative estimate of drug-likeness (QED) is 0.0752. The van der Waals surface area contributed by atoms with Crippen molar-refractivity contribution in [1.29, 1.82) is 0 Å². The van der Waals surface area contributed by atoms with Gasteiger partial charge in [0.25, 0.3) is 0 Å². The largest absolute Gasteiger partial charge is 0.399 e. The lowest BCUT2D eigenvalue weighted by Gasteiger charge is -2.23. The van der Waals surface area contributed by atoms with Crippen LogP contribution in [0.3, 0.4) is 0 Å². The molecule has 4 aromatic rings. The monoisotopic (exact) mass is 484 g/mol. The molecular formula is C32H44N4+2. The molecular weight excluding hydrogens is 440 g/mol. The number of nitrogens with two attached hydrogens (primary N) is 2. The summed E-state index contributed by atoms with van der Waals surface area (Å²) in [5.74, 6) is 0. The molecule has 0 aliphatic carbocycles. The predicted octanol–water partition coefficient (Wildman–Crippen LogP) is 6.94. The molecule has 4 nitrogen and oxygen atoms in total. The lowest BCUT2D eigenvalue weighted by atomic mass is 9.98. The summed E-state index contributed by atoms with van der Waals surface area (Å²) in [5, 5.41) is 3.65. The van der Waals surface area contributed by atoms with E-state index in [1.807, 2.05) is 12.1 Å². The van der Waals surface area contributed by atoms with Crippen LogP contribution >= 0.6 is 0 Å². The summed E-state index contributed by atoms with van der Waals surface area (Å²) >= 11 is 0. The molecule has 1 heterocycles. The van der Waals surface area contributed by atoms with Gasteiger partial charge in [0.1, 0.15) is 6.54 Å². The van der Waals surface area contributed by atoms with Gasteiger partial charge in [-0.3, -0.25) is 0 Å². The summed E-state index contributed by atoms with van der Waals surface area (Å²) in [6.07, 6.45) is 10.5. The molecule has 0 aliphatic heterocycles. The van der Waals surface area contributed by atoms with E-state index in [4.69, 9.17) is 11.5 Å². The minimum absolute atomic E-state index is 0.794. The van der Waals surface area contributed by atoms with Crippen LogP contribution in [-0.2, 0) is 6.54 Å². The van der Waals surface area contributed by atoms with Crippen LogP contribution in [0, 0.1) is 0 Å². The molecule has 36 heavy (non-hydrogen) atoms. The summed E-state index contributed by atoms with van der Waals surface area (Å²) in [6, 6.07) is 23.3. The van der Waals surface area contributed by atoms with Crippen LogP contribution in [0.15, 0.2) is 66.7 Å². The van der Waals surface area contributed by atoms with Crippen molar-refractivity contribution < 1.29 is 9.05 Å². The highest BCUT2D eigenvalue weighted by atomic mass is 15.3. The van der Waals surface area contributed by atoms with Crippen molar-refractivity contribution in [1.82, 2.24) is 0 Å². The van der Waals surface area contributed by atoms with Gasteiger partial charge in [0, 0.05) is 34.8 Å². The average Bonchev–Trinajstić information content (AvgIpc) is 2.84. The number of unbranched alkanes of at least 4 members (excludes halogenated alkanes) is 7. The van der Waals surface area contributed by atoms with Gasteiger partial charge < -0.3 is 16.0 Å². The SMILES string of the molecule is C[N+](C)(C)CCCCCCCCCC[n+]1c(-c2ccccc2)c2cc(N)ccc2c2ccc(N)cc21. The fourth-order valence-electron chi connectivity index (χ4n) is 5.31. The van der Waals surface area contributed by atoms with E-state index in [0.717, 1.165) is 28.8 Å². The van der Waals surface area contributed by atoms with E-state index in [9.17, 15) is 0 Å². The number of benzene rings is 3. The van der Waals surface area contributed by atoms with E-state index in [1.165, 1.54) is 84.4 Å². The Morgan fingerprint density at radius 1 is 0.611 bits per heavy atom. The minimum Gasteiger partial charge on any atom is -0.399 e. The van der Waals surface area contributed by atoms with Gasteiger partial charge in [-0.05, 0) is 55.7 Å². The van der Waals surface area contributed by atoms with Gasteiger partial charge in [0.2, 0.25) is 11.2 Å². The van der Waals surface area contributed by atoms with Crippen molar-refractivity contribution in [3.05, 3.63) is 66.7 Å². The highest BCUT2D eigenvalue weighted by molar-refractivity contribution is 6.10. The Morgan fingerprint density at radius 2 is 1.19 bits per heavy atom. The van der Waals surface area contributed by atoms with Crippen LogP contribution in [0.1, 0.15) is 51.4 Å². The smallest absolute Gasteiger partial charge is 0.220 e. The zero-order valence-electron chi connectivity index (χ0n) is 22.5. The summed E-state index contributed by atoms with van der Waals surface area (Å²) in [7, 11) is 6.84. The fraction of sp³-hybridized carbons (Fsp3) is 0.406. The molecule has 0 fully saturated rings. The molecule has 3 aromatic carbocycles. The van der Waals surface area contributed by atoms with Crippen LogP contribution in [-0.4, -0.2) is 32.2 Å². The molecule has 0 unspecified atom stereocenters. The van der Waals surface area contributed by atoms with Gasteiger partial charge in [0.15, 0.2) is 0 Å². The van der Waals surface area contributed by atoms with E-state index < -0.39 is 0 Å². The van der Waals surface area contributed by atoms with Crippen LogP contribution in [0.2, 0.25) is 0 Å². The lowest BCUT2D eigenvalue weighted by Crippen LogP contribution is -2.37. The summed E-state index contributed by atoms with van der Waals surface area (Å²) in [4.78, 5) is 0. The highest BCUT2D eigenvalue weighted by Crippen LogP contribution is 2.33. The zero-order chi connectivity index (χ0) is 25.5. The first-order chi connectivity index (χ1) is 17.3. The number of nitrogens with zero attached hydrogens (tertiary/aromatic N) is 2. The third-order valence-corrected chi connectivity index (χ3v) is 7.18. The van der Waals surface area contributed by atoms with Crippen molar-refractivity contribution in [3.63, 3.8) is 0 Å². The first-order valence-electron chi connectivity index (χ1n) is 13.6. The van der Waals surface area contributed by atoms with Crippen LogP contribution < -0.4 is 16.0 Å². The number of aromatic nitrogens is 1. The average molecular weight is 485 g/mol. The predicted molar refractivity (Wildman–Crippen MR) is 156 cm³/mol. The number of rotatable bonds is 12. The topological polar surface area (TPSA) is 55.9 Å². The summed E-state index contributed by atoms with van der Waals surface area (Å²) in [6.45, 7) is 2.25. The standard InChI is InChI=1S/C32H43N4/c1-36(2,3)22-14-9-7-5-4-6-8-13-21-35-31-24-27(34)18-20-29(31)28-19-17-26(33)23-30(28)32(35)25-15-11-10-12-16-25/h10-12,15-20,23-24,34H,4-9,13-14,21-22,33H2,1-3H3/q+1/p+1. The first-order valence-corrected chi connectivity index (χ1v) is 13.6. The van der Waals surface area contributed by atoms with Crippen molar-refractivity contribution in [2.24, 2.45) is 0 Å².